The summed E-state index contributed by atoms with van der Waals surface area (Å²) in [5.74, 6) is 0.306. The smallest absolute Gasteiger partial charge is 0.124 e. The van der Waals surface area contributed by atoms with Crippen molar-refractivity contribution >= 4 is 11.3 Å². The Morgan fingerprint density at radius 1 is 1.33 bits per heavy atom. The Bertz CT molecular complexity index is 586. The molecule has 0 saturated carbocycles. The Morgan fingerprint density at radius 2 is 2.17 bits per heavy atom. The number of aryl methyl sites for hydroxylation is 1. The van der Waals surface area contributed by atoms with Gasteiger partial charge < -0.3 is 5.11 Å². The summed E-state index contributed by atoms with van der Waals surface area (Å²) >= 11 is 1.78. The van der Waals surface area contributed by atoms with Gasteiger partial charge in [0.15, 0.2) is 0 Å². The van der Waals surface area contributed by atoms with Crippen LogP contribution in [0, 0.1) is 5.41 Å². The van der Waals surface area contributed by atoms with Crippen molar-refractivity contribution in [1.82, 2.24) is 4.98 Å². The molecule has 3 heteroatoms. The van der Waals surface area contributed by atoms with Crippen molar-refractivity contribution in [2.24, 2.45) is 5.41 Å². The van der Waals surface area contributed by atoms with Crippen molar-refractivity contribution in [3.63, 3.8) is 0 Å². The van der Waals surface area contributed by atoms with Gasteiger partial charge in [0.1, 0.15) is 10.8 Å². The molecule has 0 radical (unpaired) electrons. The number of hydrogen-bond acceptors (Lipinski definition) is 3. The van der Waals surface area contributed by atoms with Crippen LogP contribution in [0.3, 0.4) is 0 Å². The van der Waals surface area contributed by atoms with Gasteiger partial charge in [-0.1, -0.05) is 26.0 Å². The summed E-state index contributed by atoms with van der Waals surface area (Å²) in [4.78, 5) is 6.16. The van der Waals surface area contributed by atoms with E-state index in [-0.39, 0.29) is 0 Å². The number of phenolic OH excluding ortho intramolecular Hbond substituents is 1. The third-order valence-corrected chi connectivity index (χ3v) is 4.70. The molecule has 0 atom stereocenters. The molecule has 18 heavy (non-hydrogen) atoms. The van der Waals surface area contributed by atoms with Crippen molar-refractivity contribution in [3.8, 4) is 16.3 Å². The number of hydrogen-bond donors (Lipinski definition) is 1. The molecular formula is C15H17NOS. The molecule has 1 aromatic carbocycles. The number of nitrogens with zero attached hydrogens (tertiary/aromatic N) is 1. The molecule has 1 aliphatic carbocycles. The van der Waals surface area contributed by atoms with Crippen LogP contribution in [0.1, 0.15) is 30.8 Å². The van der Waals surface area contributed by atoms with Gasteiger partial charge in [0.2, 0.25) is 0 Å². The van der Waals surface area contributed by atoms with Gasteiger partial charge in [-0.05, 0) is 36.8 Å². The molecule has 3 rings (SSSR count). The number of phenols is 1. The van der Waals surface area contributed by atoms with Crippen molar-refractivity contribution < 1.29 is 5.11 Å². The molecular weight excluding hydrogens is 242 g/mol. The van der Waals surface area contributed by atoms with Crippen molar-refractivity contribution in [2.45, 2.75) is 33.1 Å². The first-order valence-corrected chi connectivity index (χ1v) is 7.13. The summed E-state index contributed by atoms with van der Waals surface area (Å²) in [6.07, 6.45) is 3.42. The number of aromatic nitrogens is 1. The van der Waals surface area contributed by atoms with Crippen LogP contribution in [0.25, 0.3) is 10.6 Å². The number of fused-ring (bicyclic) bond motifs is 1. The highest BCUT2D eigenvalue weighted by atomic mass is 32.1. The number of thiazole rings is 1. The Kier molecular flexibility index (Phi) is 2.67. The van der Waals surface area contributed by atoms with E-state index in [4.69, 9.17) is 4.98 Å². The van der Waals surface area contributed by atoms with Crippen molar-refractivity contribution in [1.29, 1.82) is 0 Å². The monoisotopic (exact) mass is 259 g/mol. The quantitative estimate of drug-likeness (QED) is 0.838. The average molecular weight is 259 g/mol. The highest BCUT2D eigenvalue weighted by Crippen LogP contribution is 2.40. The predicted octanol–water partition coefficient (Wildman–Crippen LogP) is 4.03. The van der Waals surface area contributed by atoms with Crippen LogP contribution in [0.5, 0.6) is 5.75 Å². The van der Waals surface area contributed by atoms with Crippen LogP contribution in [-0.2, 0) is 12.8 Å². The van der Waals surface area contributed by atoms with Gasteiger partial charge in [0, 0.05) is 10.4 Å². The molecule has 2 aromatic rings. The molecule has 0 unspecified atom stereocenters. The fourth-order valence-corrected chi connectivity index (χ4v) is 3.82. The molecule has 0 amide bonds. The molecule has 0 fully saturated rings. The Balaban J connectivity index is 1.99. The fourth-order valence-electron chi connectivity index (χ4n) is 2.46. The highest BCUT2D eigenvalue weighted by Gasteiger charge is 2.28. The Morgan fingerprint density at radius 3 is 2.94 bits per heavy atom. The standard InChI is InChI=1S/C15H17NOS/c1-15(2)7-6-12-13(9-15)18-14(16-12)10-4-3-5-11(17)8-10/h3-5,8,17H,6-7,9H2,1-2H3. The molecule has 0 bridgehead atoms. The van der Waals surface area contributed by atoms with Crippen molar-refractivity contribution in [2.75, 3.05) is 0 Å². The number of benzene rings is 1. The molecule has 1 aromatic heterocycles. The molecule has 0 spiro atoms. The Hall–Kier alpha value is -1.35. The summed E-state index contributed by atoms with van der Waals surface area (Å²) < 4.78 is 0. The molecule has 1 heterocycles. The van der Waals surface area contributed by atoms with Gasteiger partial charge in [-0.15, -0.1) is 11.3 Å². The first-order valence-electron chi connectivity index (χ1n) is 6.31. The average Bonchev–Trinajstić information content (AvgIpc) is 2.70. The van der Waals surface area contributed by atoms with Gasteiger partial charge in [0.25, 0.3) is 0 Å². The van der Waals surface area contributed by atoms with Gasteiger partial charge in [-0.2, -0.15) is 0 Å². The van der Waals surface area contributed by atoms with Crippen LogP contribution in [0.15, 0.2) is 24.3 Å². The SMILES string of the molecule is CC1(C)CCc2nc(-c3cccc(O)c3)sc2C1. The van der Waals surface area contributed by atoms with E-state index < -0.39 is 0 Å². The predicted molar refractivity (Wildman–Crippen MR) is 75.0 cm³/mol. The van der Waals surface area contributed by atoms with E-state index in [0.29, 0.717) is 11.2 Å². The Labute approximate surface area is 111 Å². The fraction of sp³-hybridized carbons (Fsp3) is 0.400. The maximum atomic E-state index is 9.54. The molecule has 1 N–H and O–H groups in total. The minimum absolute atomic E-state index is 0.306. The summed E-state index contributed by atoms with van der Waals surface area (Å²) in [7, 11) is 0. The molecule has 1 aliphatic rings. The molecule has 2 nitrogen and oxygen atoms in total. The van der Waals surface area contributed by atoms with Gasteiger partial charge in [-0.25, -0.2) is 4.98 Å². The maximum absolute atomic E-state index is 9.54. The van der Waals surface area contributed by atoms with E-state index in [1.54, 1.807) is 23.5 Å². The summed E-state index contributed by atoms with van der Waals surface area (Å²) in [6.45, 7) is 4.65. The van der Waals surface area contributed by atoms with Crippen LogP contribution < -0.4 is 0 Å². The first kappa shape index (κ1) is 11.7. The van der Waals surface area contributed by atoms with E-state index in [1.165, 1.54) is 17.0 Å². The third-order valence-electron chi connectivity index (χ3n) is 3.55. The summed E-state index contributed by atoms with van der Waals surface area (Å²) in [5.41, 5.74) is 2.68. The largest absolute Gasteiger partial charge is 0.508 e. The number of aromatic hydroxyl groups is 1. The van der Waals surface area contributed by atoms with Crippen LogP contribution in [-0.4, -0.2) is 10.1 Å². The van der Waals surface area contributed by atoms with E-state index in [9.17, 15) is 5.11 Å². The van der Waals surface area contributed by atoms with Crippen LogP contribution >= 0.6 is 11.3 Å². The summed E-state index contributed by atoms with van der Waals surface area (Å²) in [6, 6.07) is 7.36. The van der Waals surface area contributed by atoms with Crippen LogP contribution in [0.2, 0.25) is 0 Å². The normalized spacial score (nSPS) is 17.4. The third kappa shape index (κ3) is 2.15. The highest BCUT2D eigenvalue weighted by molar-refractivity contribution is 7.15. The van der Waals surface area contributed by atoms with Gasteiger partial charge in [-0.3, -0.25) is 0 Å². The lowest BCUT2D eigenvalue weighted by molar-refractivity contribution is 0.316. The van der Waals surface area contributed by atoms with E-state index in [2.05, 4.69) is 13.8 Å². The topological polar surface area (TPSA) is 33.1 Å². The summed E-state index contributed by atoms with van der Waals surface area (Å²) in [5, 5.41) is 10.6. The zero-order valence-corrected chi connectivity index (χ0v) is 11.5. The van der Waals surface area contributed by atoms with Gasteiger partial charge >= 0.3 is 0 Å². The lowest BCUT2D eigenvalue weighted by Gasteiger charge is -2.28. The molecule has 94 valence electrons. The minimum Gasteiger partial charge on any atom is -0.508 e. The molecule has 0 saturated heterocycles. The van der Waals surface area contributed by atoms with E-state index in [0.717, 1.165) is 23.4 Å². The minimum atomic E-state index is 0.306. The second-order valence-corrected chi connectivity index (χ2v) is 6.86. The maximum Gasteiger partial charge on any atom is 0.124 e. The number of rotatable bonds is 1. The van der Waals surface area contributed by atoms with Crippen molar-refractivity contribution in [3.05, 3.63) is 34.8 Å². The van der Waals surface area contributed by atoms with E-state index in [1.807, 2.05) is 12.1 Å². The van der Waals surface area contributed by atoms with Crippen LogP contribution in [0.4, 0.5) is 0 Å². The second kappa shape index (κ2) is 4.09. The van der Waals surface area contributed by atoms with E-state index >= 15 is 0 Å². The van der Waals surface area contributed by atoms with Gasteiger partial charge in [0.05, 0.1) is 5.69 Å². The lowest BCUT2D eigenvalue weighted by Crippen LogP contribution is -2.20. The zero-order valence-electron chi connectivity index (χ0n) is 10.7. The second-order valence-electron chi connectivity index (χ2n) is 5.78. The lowest BCUT2D eigenvalue weighted by atomic mass is 9.79. The zero-order chi connectivity index (χ0) is 12.8. The molecule has 0 aliphatic heterocycles. The first-order chi connectivity index (χ1) is 8.53.